The first-order chi connectivity index (χ1) is 3.56. The van der Waals surface area contributed by atoms with Crippen LogP contribution in [-0.4, -0.2) is 14.0 Å². The molecule has 0 aromatic heterocycles. The first-order valence-electron chi connectivity index (χ1n) is 2.27. The van der Waals surface area contributed by atoms with Crippen molar-refractivity contribution in [3.8, 4) is 0 Å². The van der Waals surface area contributed by atoms with E-state index in [0.29, 0.717) is 6.42 Å². The molecule has 0 saturated carbocycles. The number of hydrogen-bond donors (Lipinski definition) is 0. The molecule has 0 rings (SSSR count). The van der Waals surface area contributed by atoms with E-state index < -0.39 is 3.79 Å². The zero-order chi connectivity index (χ0) is 6.62. The molecule has 4 heteroatoms. The maximum Gasteiger partial charge on any atom is 0.190 e. The van der Waals surface area contributed by atoms with Crippen LogP contribution >= 0.6 is 34.8 Å². The molecule has 0 unspecified atom stereocenters. The molecule has 0 aromatic carbocycles. The molecule has 0 atom stereocenters. The lowest BCUT2D eigenvalue weighted by molar-refractivity contribution is 0.821. The molecule has 0 heterocycles. The lowest BCUT2D eigenvalue weighted by Gasteiger charge is -2.07. The summed E-state index contributed by atoms with van der Waals surface area (Å²) >= 11 is 16.3. The summed E-state index contributed by atoms with van der Waals surface area (Å²) in [7, 11) is 3.27. The molecule has 47 valence electrons. The average molecular weight is 189 g/mol. The Hall–Kier alpha value is 1.09. The van der Waals surface area contributed by atoms with E-state index in [1.54, 1.807) is 0 Å². The SMILES string of the molecule is [Si]CCCC(Cl)(Cl)Cl. The minimum Gasteiger partial charge on any atom is -0.0837 e. The summed E-state index contributed by atoms with van der Waals surface area (Å²) < 4.78 is -1.06. The molecule has 3 radical (unpaired) electrons. The van der Waals surface area contributed by atoms with Gasteiger partial charge in [0.05, 0.1) is 0 Å². The second-order valence-electron chi connectivity index (χ2n) is 1.47. The largest absolute Gasteiger partial charge is 0.190 e. The van der Waals surface area contributed by atoms with E-state index in [1.165, 1.54) is 0 Å². The molecule has 0 fully saturated rings. The highest BCUT2D eigenvalue weighted by Crippen LogP contribution is 2.31. The molecule has 0 aromatic rings. The van der Waals surface area contributed by atoms with Crippen LogP contribution in [0.15, 0.2) is 0 Å². The molecular weight excluding hydrogens is 182 g/mol. The van der Waals surface area contributed by atoms with Gasteiger partial charge in [0.1, 0.15) is 0 Å². The Morgan fingerprint density at radius 2 is 1.75 bits per heavy atom. The first kappa shape index (κ1) is 9.09. The second-order valence-corrected chi connectivity index (χ2v) is 4.48. The fourth-order valence-electron chi connectivity index (χ4n) is 0.289. The van der Waals surface area contributed by atoms with E-state index in [9.17, 15) is 0 Å². The number of halogens is 3. The molecule has 0 spiro atoms. The summed E-state index contributed by atoms with van der Waals surface area (Å²) in [6, 6.07) is 0.883. The molecule has 0 N–H and O–H groups in total. The highest BCUT2D eigenvalue weighted by atomic mass is 35.6. The molecule has 0 aliphatic carbocycles. The van der Waals surface area contributed by atoms with Gasteiger partial charge in [0.2, 0.25) is 0 Å². The molecule has 0 aliphatic rings. The Balaban J connectivity index is 3.11. The van der Waals surface area contributed by atoms with Crippen LogP contribution in [0.3, 0.4) is 0 Å². The maximum atomic E-state index is 5.42. The monoisotopic (exact) mass is 187 g/mol. The van der Waals surface area contributed by atoms with Crippen LogP contribution in [0.1, 0.15) is 12.8 Å². The first-order valence-corrected chi connectivity index (χ1v) is 4.12. The maximum absolute atomic E-state index is 5.42. The average Bonchev–Trinajstić information content (AvgIpc) is 1.59. The van der Waals surface area contributed by atoms with Gasteiger partial charge in [-0.25, -0.2) is 0 Å². The Morgan fingerprint density at radius 3 is 1.88 bits per heavy atom. The summed E-state index contributed by atoms with van der Waals surface area (Å²) in [6.45, 7) is 0. The van der Waals surface area contributed by atoms with Gasteiger partial charge in [-0.1, -0.05) is 47.3 Å². The minimum absolute atomic E-state index is 0.612. The van der Waals surface area contributed by atoms with Crippen LogP contribution in [0.5, 0.6) is 0 Å². The van der Waals surface area contributed by atoms with E-state index in [2.05, 4.69) is 10.2 Å². The van der Waals surface area contributed by atoms with Crippen molar-refractivity contribution in [3.05, 3.63) is 0 Å². The molecule has 0 amide bonds. The molecule has 0 nitrogen and oxygen atoms in total. The third-order valence-corrected chi connectivity index (χ3v) is 1.56. The summed E-state index contributed by atoms with van der Waals surface area (Å²) in [6.07, 6.45) is 1.51. The summed E-state index contributed by atoms with van der Waals surface area (Å²) in [5.41, 5.74) is 0. The molecule has 0 aliphatic heterocycles. The van der Waals surface area contributed by atoms with Gasteiger partial charge in [-0.2, -0.15) is 0 Å². The fourth-order valence-corrected chi connectivity index (χ4v) is 0.867. The Bertz CT molecular complexity index is 58.8. The van der Waals surface area contributed by atoms with Crippen LogP contribution in [0.25, 0.3) is 0 Å². The Morgan fingerprint density at radius 1 is 1.25 bits per heavy atom. The van der Waals surface area contributed by atoms with Crippen molar-refractivity contribution in [2.24, 2.45) is 0 Å². The van der Waals surface area contributed by atoms with E-state index in [1.807, 2.05) is 0 Å². The summed E-state index contributed by atoms with van der Waals surface area (Å²) in [5, 5.41) is 0. The minimum atomic E-state index is -1.06. The Kier molecular flexibility index (Phi) is 4.53. The van der Waals surface area contributed by atoms with Gasteiger partial charge in [0.15, 0.2) is 3.79 Å². The third kappa shape index (κ3) is 7.09. The van der Waals surface area contributed by atoms with E-state index in [4.69, 9.17) is 34.8 Å². The van der Waals surface area contributed by atoms with Crippen molar-refractivity contribution in [2.75, 3.05) is 0 Å². The molecule has 0 bridgehead atoms. The second kappa shape index (κ2) is 3.99. The Labute approximate surface area is 67.9 Å². The molecule has 8 heavy (non-hydrogen) atoms. The third-order valence-electron chi connectivity index (χ3n) is 0.637. The quantitative estimate of drug-likeness (QED) is 0.462. The highest BCUT2D eigenvalue weighted by Gasteiger charge is 2.17. The van der Waals surface area contributed by atoms with Crippen LogP contribution in [0.2, 0.25) is 6.04 Å². The van der Waals surface area contributed by atoms with Crippen molar-refractivity contribution < 1.29 is 0 Å². The molecular formula is C4H6Cl3Si. The zero-order valence-electron chi connectivity index (χ0n) is 4.26. The number of rotatable bonds is 2. The van der Waals surface area contributed by atoms with Crippen molar-refractivity contribution >= 4 is 45.0 Å². The highest BCUT2D eigenvalue weighted by molar-refractivity contribution is 6.67. The van der Waals surface area contributed by atoms with Gasteiger partial charge in [0, 0.05) is 10.2 Å². The smallest absolute Gasteiger partial charge is 0.0837 e. The van der Waals surface area contributed by atoms with Gasteiger partial charge < -0.3 is 0 Å². The van der Waals surface area contributed by atoms with Crippen LogP contribution in [0, 0.1) is 0 Å². The van der Waals surface area contributed by atoms with E-state index in [0.717, 1.165) is 12.5 Å². The number of hydrogen-bond acceptors (Lipinski definition) is 0. The summed E-state index contributed by atoms with van der Waals surface area (Å²) in [4.78, 5) is 0. The normalized spacial score (nSPS) is 12.0. The van der Waals surface area contributed by atoms with E-state index >= 15 is 0 Å². The predicted octanol–water partition coefficient (Wildman–Crippen LogP) is 2.72. The van der Waals surface area contributed by atoms with Crippen LogP contribution in [-0.2, 0) is 0 Å². The predicted molar refractivity (Wildman–Crippen MR) is 40.1 cm³/mol. The van der Waals surface area contributed by atoms with Crippen LogP contribution < -0.4 is 0 Å². The topological polar surface area (TPSA) is 0 Å². The molecule has 0 saturated heterocycles. The van der Waals surface area contributed by atoms with Crippen molar-refractivity contribution in [3.63, 3.8) is 0 Å². The summed E-state index contributed by atoms with van der Waals surface area (Å²) in [5.74, 6) is 0. The van der Waals surface area contributed by atoms with E-state index in [-0.39, 0.29) is 0 Å². The van der Waals surface area contributed by atoms with Crippen LogP contribution in [0.4, 0.5) is 0 Å². The van der Waals surface area contributed by atoms with Gasteiger partial charge in [-0.05, 0) is 6.42 Å². The van der Waals surface area contributed by atoms with Gasteiger partial charge in [-0.3, -0.25) is 0 Å². The van der Waals surface area contributed by atoms with Crippen molar-refractivity contribution in [2.45, 2.75) is 22.7 Å². The van der Waals surface area contributed by atoms with Gasteiger partial charge in [-0.15, -0.1) is 0 Å². The van der Waals surface area contributed by atoms with Crippen molar-refractivity contribution in [1.29, 1.82) is 0 Å². The van der Waals surface area contributed by atoms with Gasteiger partial charge >= 0.3 is 0 Å². The standard InChI is InChI=1S/C4H6Cl3Si/c5-4(6,7)2-1-3-8/h1-3H2. The lowest BCUT2D eigenvalue weighted by Crippen LogP contribution is -2.00. The fraction of sp³-hybridized carbons (Fsp3) is 1.00. The zero-order valence-corrected chi connectivity index (χ0v) is 7.52. The van der Waals surface area contributed by atoms with Gasteiger partial charge in [0.25, 0.3) is 0 Å². The lowest BCUT2D eigenvalue weighted by atomic mass is 10.4. The number of alkyl halides is 3. The van der Waals surface area contributed by atoms with Crippen molar-refractivity contribution in [1.82, 2.24) is 0 Å².